The Morgan fingerprint density at radius 2 is 1.96 bits per heavy atom. The summed E-state index contributed by atoms with van der Waals surface area (Å²) in [5, 5.41) is 2.80. The monoisotopic (exact) mass is 342 g/mol. The molecule has 0 aliphatic carbocycles. The van der Waals surface area contributed by atoms with E-state index in [1.165, 1.54) is 6.07 Å². The van der Waals surface area contributed by atoms with Gasteiger partial charge in [0.2, 0.25) is 5.91 Å². The summed E-state index contributed by atoms with van der Waals surface area (Å²) >= 11 is 0. The van der Waals surface area contributed by atoms with Gasteiger partial charge >= 0.3 is 0 Å². The maximum Gasteiger partial charge on any atom is 0.241 e. The van der Waals surface area contributed by atoms with Gasteiger partial charge in [-0.3, -0.25) is 9.69 Å². The van der Waals surface area contributed by atoms with Crippen molar-refractivity contribution >= 4 is 17.4 Å². The number of hydrogen-bond donors (Lipinski definition) is 1. The number of pyridine rings is 1. The molecule has 2 aromatic rings. The van der Waals surface area contributed by atoms with Crippen molar-refractivity contribution in [2.45, 2.75) is 19.9 Å². The Morgan fingerprint density at radius 1 is 1.20 bits per heavy atom. The number of nitrogens with one attached hydrogen (secondary N) is 1. The number of aromatic nitrogens is 1. The number of carbonyl (C=O) groups excluding carboxylic acids is 1. The highest BCUT2D eigenvalue weighted by Gasteiger charge is 2.26. The third-order valence-electron chi connectivity index (χ3n) is 4.65. The largest absolute Gasteiger partial charge is 0.354 e. The molecule has 1 aliphatic heterocycles. The lowest BCUT2D eigenvalue weighted by Crippen LogP contribution is -2.53. The zero-order valence-corrected chi connectivity index (χ0v) is 14.6. The molecule has 1 saturated heterocycles. The molecular weight excluding hydrogens is 319 g/mol. The van der Waals surface area contributed by atoms with E-state index in [2.05, 4.69) is 20.1 Å². The van der Waals surface area contributed by atoms with Crippen molar-refractivity contribution in [1.29, 1.82) is 0 Å². The van der Waals surface area contributed by atoms with Gasteiger partial charge < -0.3 is 10.2 Å². The van der Waals surface area contributed by atoms with Gasteiger partial charge in [-0.05, 0) is 43.7 Å². The van der Waals surface area contributed by atoms with Gasteiger partial charge in [0.25, 0.3) is 0 Å². The van der Waals surface area contributed by atoms with E-state index in [0.717, 1.165) is 32.0 Å². The van der Waals surface area contributed by atoms with E-state index in [9.17, 15) is 9.18 Å². The quantitative estimate of drug-likeness (QED) is 0.928. The molecule has 1 N–H and O–H groups in total. The van der Waals surface area contributed by atoms with Crippen molar-refractivity contribution < 1.29 is 9.18 Å². The summed E-state index contributed by atoms with van der Waals surface area (Å²) in [4.78, 5) is 21.2. The summed E-state index contributed by atoms with van der Waals surface area (Å²) in [6, 6.07) is 10.4. The standard InChI is InChI=1S/C19H23FN4O/c1-14-6-7-16(13-17(14)20)22-19(25)15(2)23-9-11-24(12-10-23)18-5-3-4-8-21-18/h3-8,13,15H,9-12H2,1-2H3,(H,22,25). The molecule has 6 heteroatoms. The molecule has 1 aromatic heterocycles. The molecule has 25 heavy (non-hydrogen) atoms. The van der Waals surface area contributed by atoms with Gasteiger partial charge in [-0.2, -0.15) is 0 Å². The summed E-state index contributed by atoms with van der Waals surface area (Å²) < 4.78 is 13.6. The fourth-order valence-electron chi connectivity index (χ4n) is 2.96. The summed E-state index contributed by atoms with van der Waals surface area (Å²) in [5.74, 6) is 0.540. The van der Waals surface area contributed by atoms with Gasteiger partial charge in [0.05, 0.1) is 6.04 Å². The Balaban J connectivity index is 1.55. The highest BCUT2D eigenvalue weighted by atomic mass is 19.1. The van der Waals surface area contributed by atoms with Gasteiger partial charge in [-0.1, -0.05) is 12.1 Å². The topological polar surface area (TPSA) is 48.5 Å². The smallest absolute Gasteiger partial charge is 0.241 e. The number of benzene rings is 1. The first-order valence-corrected chi connectivity index (χ1v) is 8.51. The van der Waals surface area contributed by atoms with Crippen molar-refractivity contribution in [3.63, 3.8) is 0 Å². The third kappa shape index (κ3) is 4.14. The third-order valence-corrected chi connectivity index (χ3v) is 4.65. The number of halogens is 1. The van der Waals surface area contributed by atoms with Crippen LogP contribution in [0, 0.1) is 12.7 Å². The zero-order valence-electron chi connectivity index (χ0n) is 14.6. The van der Waals surface area contributed by atoms with Gasteiger partial charge in [0.15, 0.2) is 0 Å². The molecule has 3 rings (SSSR count). The van der Waals surface area contributed by atoms with Crippen LogP contribution in [0.15, 0.2) is 42.6 Å². The number of amides is 1. The molecule has 1 amide bonds. The number of rotatable bonds is 4. The number of nitrogens with zero attached hydrogens (tertiary/aromatic N) is 3. The van der Waals surface area contributed by atoms with Crippen LogP contribution in [-0.4, -0.2) is 48.0 Å². The van der Waals surface area contributed by atoms with Crippen molar-refractivity contribution in [3.05, 3.63) is 54.0 Å². The van der Waals surface area contributed by atoms with Crippen LogP contribution in [0.2, 0.25) is 0 Å². The van der Waals surface area contributed by atoms with Gasteiger partial charge in [-0.15, -0.1) is 0 Å². The highest BCUT2D eigenvalue weighted by Crippen LogP contribution is 2.17. The first-order valence-electron chi connectivity index (χ1n) is 8.51. The Hall–Kier alpha value is -2.47. The van der Waals surface area contributed by atoms with Crippen LogP contribution < -0.4 is 10.2 Å². The maximum absolute atomic E-state index is 13.6. The molecular formula is C19H23FN4O. The van der Waals surface area contributed by atoms with Gasteiger partial charge in [0, 0.05) is 38.1 Å². The van der Waals surface area contributed by atoms with Crippen LogP contribution in [0.5, 0.6) is 0 Å². The molecule has 0 bridgehead atoms. The number of aryl methyl sites for hydroxylation is 1. The lowest BCUT2D eigenvalue weighted by Gasteiger charge is -2.37. The van der Waals surface area contributed by atoms with E-state index in [1.807, 2.05) is 25.1 Å². The normalized spacial score (nSPS) is 16.5. The predicted octanol–water partition coefficient (Wildman–Crippen LogP) is 2.68. The van der Waals surface area contributed by atoms with Crippen molar-refractivity contribution in [1.82, 2.24) is 9.88 Å². The van der Waals surface area contributed by atoms with E-state index in [4.69, 9.17) is 0 Å². The Kier molecular flexibility index (Phi) is 5.28. The molecule has 5 nitrogen and oxygen atoms in total. The second-order valence-corrected chi connectivity index (χ2v) is 6.34. The molecule has 132 valence electrons. The minimum atomic E-state index is -0.311. The van der Waals surface area contributed by atoms with Crippen LogP contribution in [0.3, 0.4) is 0 Å². The summed E-state index contributed by atoms with van der Waals surface area (Å²) in [7, 11) is 0. The van der Waals surface area contributed by atoms with Crippen molar-refractivity contribution in [3.8, 4) is 0 Å². The first kappa shape index (κ1) is 17.4. The molecule has 0 radical (unpaired) electrons. The SMILES string of the molecule is Cc1ccc(NC(=O)C(C)N2CCN(c3ccccn3)CC2)cc1F. The van der Waals surface area contributed by atoms with E-state index >= 15 is 0 Å². The van der Waals surface area contributed by atoms with Gasteiger partial charge in [0.1, 0.15) is 11.6 Å². The fourth-order valence-corrected chi connectivity index (χ4v) is 2.96. The molecule has 1 atom stereocenters. The van der Waals surface area contributed by atoms with Crippen LogP contribution >= 0.6 is 0 Å². The summed E-state index contributed by atoms with van der Waals surface area (Å²) in [5.41, 5.74) is 1.06. The maximum atomic E-state index is 13.6. The van der Waals surface area contributed by atoms with Crippen LogP contribution in [0.25, 0.3) is 0 Å². The summed E-state index contributed by atoms with van der Waals surface area (Å²) in [6.07, 6.45) is 1.79. The van der Waals surface area contributed by atoms with E-state index in [1.54, 1.807) is 25.3 Å². The van der Waals surface area contributed by atoms with E-state index in [-0.39, 0.29) is 17.8 Å². The minimum absolute atomic E-state index is 0.116. The van der Waals surface area contributed by atoms with Gasteiger partial charge in [-0.25, -0.2) is 9.37 Å². The predicted molar refractivity (Wildman–Crippen MR) is 97.3 cm³/mol. The minimum Gasteiger partial charge on any atom is -0.354 e. The molecule has 1 aromatic carbocycles. The Labute approximate surface area is 147 Å². The number of piperazine rings is 1. The van der Waals surface area contributed by atoms with Crippen molar-refractivity contribution in [2.75, 3.05) is 36.4 Å². The van der Waals surface area contributed by atoms with Crippen LogP contribution in [-0.2, 0) is 4.79 Å². The van der Waals surface area contributed by atoms with E-state index < -0.39 is 0 Å². The molecule has 1 unspecified atom stereocenters. The number of hydrogen-bond acceptors (Lipinski definition) is 4. The molecule has 2 heterocycles. The number of carbonyl (C=O) groups is 1. The lowest BCUT2D eigenvalue weighted by molar-refractivity contribution is -0.120. The molecule has 0 spiro atoms. The Bertz CT molecular complexity index is 729. The van der Waals surface area contributed by atoms with Crippen LogP contribution in [0.1, 0.15) is 12.5 Å². The highest BCUT2D eigenvalue weighted by molar-refractivity contribution is 5.94. The van der Waals surface area contributed by atoms with Crippen LogP contribution in [0.4, 0.5) is 15.9 Å². The fraction of sp³-hybridized carbons (Fsp3) is 0.368. The Morgan fingerprint density at radius 3 is 2.60 bits per heavy atom. The first-order chi connectivity index (χ1) is 12.0. The zero-order chi connectivity index (χ0) is 17.8. The molecule has 1 aliphatic rings. The van der Waals surface area contributed by atoms with E-state index in [0.29, 0.717) is 11.3 Å². The second kappa shape index (κ2) is 7.61. The van der Waals surface area contributed by atoms with Crippen molar-refractivity contribution in [2.24, 2.45) is 0 Å². The average Bonchev–Trinajstić information content (AvgIpc) is 2.65. The second-order valence-electron chi connectivity index (χ2n) is 6.34. The lowest BCUT2D eigenvalue weighted by atomic mass is 10.2. The summed E-state index contributed by atoms with van der Waals surface area (Å²) in [6.45, 7) is 6.81. The number of anilines is 2. The molecule has 1 fully saturated rings. The molecule has 0 saturated carbocycles. The average molecular weight is 342 g/mol.